The number of anilines is 2. The third-order valence-electron chi connectivity index (χ3n) is 4.14. The van der Waals surface area contributed by atoms with Gasteiger partial charge in [0.2, 0.25) is 5.91 Å². The second kappa shape index (κ2) is 8.46. The van der Waals surface area contributed by atoms with Gasteiger partial charge in [-0.1, -0.05) is 65.8 Å². The minimum Gasteiger partial charge on any atom is -0.483 e. The molecule has 0 saturated carbocycles. The predicted octanol–water partition coefficient (Wildman–Crippen LogP) is 4.99. The molecule has 0 saturated heterocycles. The van der Waals surface area contributed by atoms with Crippen LogP contribution in [0.15, 0.2) is 48.5 Å². The maximum atomic E-state index is 12.3. The van der Waals surface area contributed by atoms with Crippen molar-refractivity contribution in [2.75, 3.05) is 17.2 Å². The summed E-state index contributed by atoms with van der Waals surface area (Å²) in [6.07, 6.45) is 0. The Morgan fingerprint density at radius 3 is 2.07 bits per heavy atom. The molecular formula is C23H30N2O3. The van der Waals surface area contributed by atoms with E-state index in [-0.39, 0.29) is 23.8 Å². The highest BCUT2D eigenvalue weighted by Gasteiger charge is 2.21. The molecule has 5 heteroatoms. The number of hydrogen-bond acceptors (Lipinski definition) is 3. The lowest BCUT2D eigenvalue weighted by Crippen LogP contribution is -2.27. The van der Waals surface area contributed by atoms with Crippen LogP contribution in [-0.4, -0.2) is 18.4 Å². The first kappa shape index (κ1) is 21.5. The van der Waals surface area contributed by atoms with Crippen LogP contribution in [0.5, 0.6) is 5.75 Å². The van der Waals surface area contributed by atoms with E-state index in [1.165, 1.54) is 0 Å². The van der Waals surface area contributed by atoms with Gasteiger partial charge in [0.15, 0.2) is 6.61 Å². The molecule has 5 nitrogen and oxygen atoms in total. The van der Waals surface area contributed by atoms with Gasteiger partial charge in [-0.2, -0.15) is 0 Å². The van der Waals surface area contributed by atoms with Crippen LogP contribution < -0.4 is 15.4 Å². The third-order valence-corrected chi connectivity index (χ3v) is 4.14. The zero-order chi connectivity index (χ0) is 20.9. The normalized spacial score (nSPS) is 11.6. The SMILES string of the molecule is CC(C)(C)C(=O)Nc1cccc(NC(=O)COc2ccccc2C(C)(C)C)c1. The van der Waals surface area contributed by atoms with Gasteiger partial charge in [-0.3, -0.25) is 9.59 Å². The summed E-state index contributed by atoms with van der Waals surface area (Å²) < 4.78 is 5.76. The molecule has 28 heavy (non-hydrogen) atoms. The van der Waals surface area contributed by atoms with Gasteiger partial charge in [-0.25, -0.2) is 0 Å². The summed E-state index contributed by atoms with van der Waals surface area (Å²) >= 11 is 0. The number of benzene rings is 2. The number of carbonyl (C=O) groups is 2. The zero-order valence-electron chi connectivity index (χ0n) is 17.6. The number of rotatable bonds is 5. The molecule has 150 valence electrons. The molecule has 0 aliphatic heterocycles. The third kappa shape index (κ3) is 6.12. The first-order chi connectivity index (χ1) is 13.0. The minimum atomic E-state index is -0.493. The van der Waals surface area contributed by atoms with E-state index >= 15 is 0 Å². The lowest BCUT2D eigenvalue weighted by atomic mass is 9.86. The summed E-state index contributed by atoms with van der Waals surface area (Å²) in [6, 6.07) is 14.8. The molecular weight excluding hydrogens is 352 g/mol. The molecule has 0 heterocycles. The summed E-state index contributed by atoms with van der Waals surface area (Å²) in [5, 5.41) is 5.66. The highest BCUT2D eigenvalue weighted by Crippen LogP contribution is 2.30. The lowest BCUT2D eigenvalue weighted by Gasteiger charge is -2.22. The van der Waals surface area contributed by atoms with Gasteiger partial charge in [0, 0.05) is 16.8 Å². The van der Waals surface area contributed by atoms with Crippen LogP contribution in [0.4, 0.5) is 11.4 Å². The van der Waals surface area contributed by atoms with Crippen LogP contribution in [0.2, 0.25) is 0 Å². The van der Waals surface area contributed by atoms with E-state index < -0.39 is 5.41 Å². The van der Waals surface area contributed by atoms with Crippen molar-refractivity contribution in [1.82, 2.24) is 0 Å². The van der Waals surface area contributed by atoms with Crippen molar-refractivity contribution in [2.24, 2.45) is 5.41 Å². The fourth-order valence-corrected chi connectivity index (χ4v) is 2.55. The van der Waals surface area contributed by atoms with E-state index in [2.05, 4.69) is 31.4 Å². The monoisotopic (exact) mass is 382 g/mol. The average molecular weight is 383 g/mol. The van der Waals surface area contributed by atoms with Crippen molar-refractivity contribution in [2.45, 2.75) is 47.0 Å². The molecule has 2 rings (SSSR count). The first-order valence-corrected chi connectivity index (χ1v) is 9.40. The standard InChI is InChI=1S/C23H30N2O3/c1-22(2,3)18-12-7-8-13-19(18)28-15-20(26)24-16-10-9-11-17(14-16)25-21(27)23(4,5)6/h7-14H,15H2,1-6H3,(H,24,26)(H,25,27). The molecule has 0 bridgehead atoms. The lowest BCUT2D eigenvalue weighted by molar-refractivity contribution is -0.123. The van der Waals surface area contributed by atoms with Crippen molar-refractivity contribution in [3.8, 4) is 5.75 Å². The van der Waals surface area contributed by atoms with Crippen LogP contribution in [0.25, 0.3) is 0 Å². The zero-order valence-corrected chi connectivity index (χ0v) is 17.6. The van der Waals surface area contributed by atoms with E-state index in [0.717, 1.165) is 5.56 Å². The number of ether oxygens (including phenoxy) is 1. The molecule has 2 aromatic carbocycles. The van der Waals surface area contributed by atoms with Crippen LogP contribution >= 0.6 is 0 Å². The molecule has 0 aliphatic rings. The fraction of sp³-hybridized carbons (Fsp3) is 0.391. The maximum Gasteiger partial charge on any atom is 0.262 e. The first-order valence-electron chi connectivity index (χ1n) is 9.40. The molecule has 2 aromatic rings. The Hall–Kier alpha value is -2.82. The number of carbonyl (C=O) groups excluding carboxylic acids is 2. The van der Waals surface area contributed by atoms with E-state index in [4.69, 9.17) is 4.74 Å². The van der Waals surface area contributed by atoms with E-state index in [0.29, 0.717) is 17.1 Å². The van der Waals surface area contributed by atoms with Gasteiger partial charge in [0.1, 0.15) is 5.75 Å². The topological polar surface area (TPSA) is 67.4 Å². The summed E-state index contributed by atoms with van der Waals surface area (Å²) in [5.41, 5.74) is 1.72. The summed E-state index contributed by atoms with van der Waals surface area (Å²) in [4.78, 5) is 24.4. The molecule has 0 atom stereocenters. The Kier molecular flexibility index (Phi) is 6.49. The van der Waals surface area contributed by atoms with Gasteiger partial charge in [0.05, 0.1) is 0 Å². The van der Waals surface area contributed by atoms with E-state index in [9.17, 15) is 9.59 Å². The van der Waals surface area contributed by atoms with Crippen molar-refractivity contribution in [1.29, 1.82) is 0 Å². The molecule has 0 aliphatic carbocycles. The Morgan fingerprint density at radius 1 is 0.857 bits per heavy atom. The number of hydrogen-bond donors (Lipinski definition) is 2. The van der Waals surface area contributed by atoms with Crippen LogP contribution in [-0.2, 0) is 15.0 Å². The molecule has 0 fully saturated rings. The number of amides is 2. The van der Waals surface area contributed by atoms with Crippen LogP contribution in [0.1, 0.15) is 47.1 Å². The van der Waals surface area contributed by atoms with Crippen molar-refractivity contribution in [3.63, 3.8) is 0 Å². The van der Waals surface area contributed by atoms with Crippen molar-refractivity contribution >= 4 is 23.2 Å². The molecule has 0 radical (unpaired) electrons. The van der Waals surface area contributed by atoms with Crippen LogP contribution in [0.3, 0.4) is 0 Å². The van der Waals surface area contributed by atoms with Gasteiger partial charge >= 0.3 is 0 Å². The molecule has 2 N–H and O–H groups in total. The predicted molar refractivity (Wildman–Crippen MR) is 114 cm³/mol. The quantitative estimate of drug-likeness (QED) is 0.766. The smallest absolute Gasteiger partial charge is 0.262 e. The molecule has 0 unspecified atom stereocenters. The second-order valence-corrected chi connectivity index (χ2v) is 8.87. The van der Waals surface area contributed by atoms with E-state index in [1.54, 1.807) is 24.3 Å². The van der Waals surface area contributed by atoms with Crippen LogP contribution in [0, 0.1) is 5.41 Å². The summed E-state index contributed by atoms with van der Waals surface area (Å²) in [7, 11) is 0. The molecule has 2 amide bonds. The van der Waals surface area contributed by atoms with Gasteiger partial charge in [-0.15, -0.1) is 0 Å². The average Bonchev–Trinajstić information content (AvgIpc) is 2.59. The Morgan fingerprint density at radius 2 is 1.46 bits per heavy atom. The highest BCUT2D eigenvalue weighted by molar-refractivity contribution is 5.96. The minimum absolute atomic E-state index is 0.0767. The summed E-state index contributed by atoms with van der Waals surface area (Å²) in [5.74, 6) is 0.359. The largest absolute Gasteiger partial charge is 0.483 e. The maximum absolute atomic E-state index is 12.3. The van der Waals surface area contributed by atoms with Gasteiger partial charge < -0.3 is 15.4 Å². The fourth-order valence-electron chi connectivity index (χ4n) is 2.55. The van der Waals surface area contributed by atoms with Crippen molar-refractivity contribution < 1.29 is 14.3 Å². The number of nitrogens with one attached hydrogen (secondary N) is 2. The van der Waals surface area contributed by atoms with Gasteiger partial charge in [0.25, 0.3) is 5.91 Å². The number of para-hydroxylation sites is 1. The molecule has 0 aromatic heterocycles. The Bertz CT molecular complexity index is 845. The molecule has 0 spiro atoms. The summed E-state index contributed by atoms with van der Waals surface area (Å²) in [6.45, 7) is 11.8. The van der Waals surface area contributed by atoms with Crippen molar-refractivity contribution in [3.05, 3.63) is 54.1 Å². The van der Waals surface area contributed by atoms with E-state index in [1.807, 2.05) is 45.0 Å². The Balaban J connectivity index is 1.99. The Labute approximate surface area is 167 Å². The highest BCUT2D eigenvalue weighted by atomic mass is 16.5. The van der Waals surface area contributed by atoms with Gasteiger partial charge in [-0.05, 0) is 35.2 Å². The second-order valence-electron chi connectivity index (χ2n) is 8.87.